The first-order chi connectivity index (χ1) is 9.19. The highest BCUT2D eigenvalue weighted by molar-refractivity contribution is 5.38. The molecule has 1 saturated heterocycles. The van der Waals surface area contributed by atoms with Crippen molar-refractivity contribution in [2.24, 2.45) is 0 Å². The number of rotatable bonds is 6. The molecular formula is C14H24N4O. The summed E-state index contributed by atoms with van der Waals surface area (Å²) in [5.74, 6) is 2.61. The van der Waals surface area contributed by atoms with Crippen LogP contribution in [0.1, 0.15) is 38.4 Å². The Morgan fingerprint density at radius 1 is 1.32 bits per heavy atom. The summed E-state index contributed by atoms with van der Waals surface area (Å²) in [5.41, 5.74) is 0. The van der Waals surface area contributed by atoms with E-state index in [0.717, 1.165) is 18.2 Å². The Labute approximate surface area is 115 Å². The van der Waals surface area contributed by atoms with Crippen LogP contribution >= 0.6 is 0 Å². The molecule has 1 fully saturated rings. The zero-order valence-electron chi connectivity index (χ0n) is 12.1. The first kappa shape index (κ1) is 14.1. The minimum Gasteiger partial charge on any atom is -0.476 e. The third-order valence-corrected chi connectivity index (χ3v) is 3.35. The highest BCUT2D eigenvalue weighted by Gasteiger charge is 2.12. The molecule has 1 aromatic heterocycles. The molecule has 0 spiro atoms. The predicted octanol–water partition coefficient (Wildman–Crippen LogP) is 2.12. The lowest BCUT2D eigenvalue weighted by Gasteiger charge is -2.15. The van der Waals surface area contributed by atoms with Gasteiger partial charge in [-0.3, -0.25) is 4.90 Å². The summed E-state index contributed by atoms with van der Waals surface area (Å²) in [4.78, 5) is 11.3. The molecule has 1 N–H and O–H groups in total. The van der Waals surface area contributed by atoms with Crippen LogP contribution in [0, 0.1) is 0 Å². The summed E-state index contributed by atoms with van der Waals surface area (Å²) in [5, 5.41) is 3.05. The molecule has 2 rings (SSSR count). The zero-order valence-corrected chi connectivity index (χ0v) is 12.1. The number of ether oxygens (including phenoxy) is 1. The Bertz CT molecular complexity index is 402. The van der Waals surface area contributed by atoms with Crippen molar-refractivity contribution in [3.05, 3.63) is 11.9 Å². The highest BCUT2D eigenvalue weighted by Crippen LogP contribution is 2.18. The van der Waals surface area contributed by atoms with Crippen molar-refractivity contribution in [3.63, 3.8) is 0 Å². The molecule has 5 heteroatoms. The van der Waals surface area contributed by atoms with Gasteiger partial charge in [-0.1, -0.05) is 13.8 Å². The Hall–Kier alpha value is -1.36. The number of likely N-dealkylation sites (tertiary alicyclic amines) is 1. The summed E-state index contributed by atoms with van der Waals surface area (Å²) >= 11 is 0. The van der Waals surface area contributed by atoms with E-state index in [-0.39, 0.29) is 0 Å². The summed E-state index contributed by atoms with van der Waals surface area (Å²) in [6.45, 7) is 8.25. The molecule has 0 aromatic carbocycles. The highest BCUT2D eigenvalue weighted by atomic mass is 16.5. The fourth-order valence-electron chi connectivity index (χ4n) is 2.19. The molecule has 19 heavy (non-hydrogen) atoms. The third-order valence-electron chi connectivity index (χ3n) is 3.35. The lowest BCUT2D eigenvalue weighted by atomic mass is 10.2. The normalized spacial score (nSPS) is 16.0. The zero-order chi connectivity index (χ0) is 13.7. The topological polar surface area (TPSA) is 50.3 Å². The molecule has 0 amide bonds. The number of hydrogen-bond acceptors (Lipinski definition) is 5. The van der Waals surface area contributed by atoms with Crippen LogP contribution in [-0.2, 0) is 0 Å². The Kier molecular flexibility index (Phi) is 4.96. The first-order valence-corrected chi connectivity index (χ1v) is 7.11. The largest absolute Gasteiger partial charge is 0.476 e. The van der Waals surface area contributed by atoms with E-state index in [2.05, 4.69) is 34.0 Å². The van der Waals surface area contributed by atoms with E-state index in [4.69, 9.17) is 4.74 Å². The van der Waals surface area contributed by atoms with E-state index in [0.29, 0.717) is 18.4 Å². The monoisotopic (exact) mass is 264 g/mol. The quantitative estimate of drug-likeness (QED) is 0.853. The predicted molar refractivity (Wildman–Crippen MR) is 76.8 cm³/mol. The van der Waals surface area contributed by atoms with E-state index >= 15 is 0 Å². The van der Waals surface area contributed by atoms with Crippen LogP contribution in [0.2, 0.25) is 0 Å². The maximum Gasteiger partial charge on any atom is 0.218 e. The van der Waals surface area contributed by atoms with Gasteiger partial charge >= 0.3 is 0 Å². The van der Waals surface area contributed by atoms with E-state index < -0.39 is 0 Å². The van der Waals surface area contributed by atoms with Crippen molar-refractivity contribution in [2.45, 2.75) is 32.6 Å². The van der Waals surface area contributed by atoms with Gasteiger partial charge < -0.3 is 10.1 Å². The number of hydrogen-bond donors (Lipinski definition) is 1. The van der Waals surface area contributed by atoms with Crippen molar-refractivity contribution >= 4 is 5.82 Å². The average Bonchev–Trinajstić information content (AvgIpc) is 2.91. The van der Waals surface area contributed by atoms with Gasteiger partial charge in [-0.2, -0.15) is 4.98 Å². The first-order valence-electron chi connectivity index (χ1n) is 7.11. The maximum atomic E-state index is 5.77. The minimum absolute atomic E-state index is 0.300. The summed E-state index contributed by atoms with van der Waals surface area (Å²) in [6.07, 6.45) is 2.63. The third kappa shape index (κ3) is 4.06. The van der Waals surface area contributed by atoms with Crippen molar-refractivity contribution in [2.75, 3.05) is 38.6 Å². The van der Waals surface area contributed by atoms with Crippen LogP contribution in [0.5, 0.6) is 5.88 Å². The van der Waals surface area contributed by atoms with Gasteiger partial charge in [-0.25, -0.2) is 4.98 Å². The van der Waals surface area contributed by atoms with Crippen LogP contribution in [0.25, 0.3) is 0 Å². The molecule has 0 atom stereocenters. The summed E-state index contributed by atoms with van der Waals surface area (Å²) in [6, 6.07) is 1.86. The second-order valence-corrected chi connectivity index (χ2v) is 5.25. The molecule has 0 radical (unpaired) electrons. The summed E-state index contributed by atoms with van der Waals surface area (Å²) < 4.78 is 5.77. The van der Waals surface area contributed by atoms with Gasteiger partial charge in [-0.05, 0) is 25.9 Å². The lowest BCUT2D eigenvalue weighted by molar-refractivity contribution is 0.231. The van der Waals surface area contributed by atoms with Crippen LogP contribution in [0.15, 0.2) is 6.07 Å². The van der Waals surface area contributed by atoms with Gasteiger partial charge in [0.25, 0.3) is 0 Å². The molecule has 1 aliphatic heterocycles. The number of aromatic nitrogens is 2. The van der Waals surface area contributed by atoms with Crippen molar-refractivity contribution in [1.29, 1.82) is 0 Å². The average molecular weight is 264 g/mol. The smallest absolute Gasteiger partial charge is 0.218 e. The number of nitrogens with one attached hydrogen (secondary N) is 1. The molecule has 0 saturated carbocycles. The van der Waals surface area contributed by atoms with Crippen LogP contribution < -0.4 is 10.1 Å². The van der Waals surface area contributed by atoms with E-state index in [9.17, 15) is 0 Å². The fraction of sp³-hybridized carbons (Fsp3) is 0.714. The van der Waals surface area contributed by atoms with Gasteiger partial charge in [-0.15, -0.1) is 0 Å². The lowest BCUT2D eigenvalue weighted by Crippen LogP contribution is -2.25. The van der Waals surface area contributed by atoms with Gasteiger partial charge in [0, 0.05) is 25.6 Å². The fourth-order valence-corrected chi connectivity index (χ4v) is 2.19. The molecule has 2 heterocycles. The van der Waals surface area contributed by atoms with E-state index in [1.807, 2.05) is 13.1 Å². The number of anilines is 1. The molecule has 106 valence electrons. The molecule has 0 bridgehead atoms. The minimum atomic E-state index is 0.300. The molecule has 1 aliphatic rings. The van der Waals surface area contributed by atoms with Gasteiger partial charge in [0.1, 0.15) is 18.2 Å². The molecule has 1 aromatic rings. The van der Waals surface area contributed by atoms with Crippen LogP contribution in [0.4, 0.5) is 5.82 Å². The molecule has 0 aliphatic carbocycles. The van der Waals surface area contributed by atoms with Gasteiger partial charge in [0.05, 0.1) is 0 Å². The standard InChI is InChI=1S/C14H24N4O/c1-11(2)14-16-12(15-3)10-13(17-14)19-9-8-18-6-4-5-7-18/h10-11H,4-9H2,1-3H3,(H,15,16,17). The Balaban J connectivity index is 1.92. The Morgan fingerprint density at radius 3 is 2.68 bits per heavy atom. The van der Waals surface area contributed by atoms with Crippen molar-refractivity contribution in [1.82, 2.24) is 14.9 Å². The molecular weight excluding hydrogens is 240 g/mol. The van der Waals surface area contributed by atoms with Crippen LogP contribution in [-0.4, -0.2) is 48.2 Å². The van der Waals surface area contributed by atoms with Gasteiger partial charge in [0.2, 0.25) is 5.88 Å². The molecule has 5 nitrogen and oxygen atoms in total. The van der Waals surface area contributed by atoms with Crippen LogP contribution in [0.3, 0.4) is 0 Å². The summed E-state index contributed by atoms with van der Waals surface area (Å²) in [7, 11) is 1.86. The SMILES string of the molecule is CNc1cc(OCCN2CCCC2)nc(C(C)C)n1. The second-order valence-electron chi connectivity index (χ2n) is 5.25. The van der Waals surface area contributed by atoms with Crippen molar-refractivity contribution in [3.8, 4) is 5.88 Å². The van der Waals surface area contributed by atoms with E-state index in [1.54, 1.807) is 0 Å². The van der Waals surface area contributed by atoms with E-state index in [1.165, 1.54) is 25.9 Å². The Morgan fingerprint density at radius 2 is 2.05 bits per heavy atom. The van der Waals surface area contributed by atoms with Crippen molar-refractivity contribution < 1.29 is 4.74 Å². The van der Waals surface area contributed by atoms with Gasteiger partial charge in [0.15, 0.2) is 0 Å². The maximum absolute atomic E-state index is 5.77. The molecule has 0 unspecified atom stereocenters. The second kappa shape index (κ2) is 6.70. The number of nitrogens with zero attached hydrogens (tertiary/aromatic N) is 3.